The van der Waals surface area contributed by atoms with Crippen molar-refractivity contribution in [2.24, 2.45) is 0 Å². The Morgan fingerprint density at radius 3 is 2.24 bits per heavy atom. The van der Waals surface area contributed by atoms with Crippen LogP contribution in [0.4, 0.5) is 16.2 Å². The second-order valence-corrected chi connectivity index (χ2v) is 7.49. The van der Waals surface area contributed by atoms with Gasteiger partial charge in [0.15, 0.2) is 0 Å². The van der Waals surface area contributed by atoms with Crippen LogP contribution in [0.2, 0.25) is 0 Å². The average molecular weight is 385 g/mol. The maximum Gasteiger partial charge on any atom is 0.319 e. The number of carbonyl (C=O) groups excluding carboxylic acids is 2. The molecule has 0 aliphatic heterocycles. The number of carbonyl (C=O) groups is 2. The van der Waals surface area contributed by atoms with Gasteiger partial charge in [-0.2, -0.15) is 0 Å². The van der Waals surface area contributed by atoms with Crippen molar-refractivity contribution in [3.8, 4) is 11.1 Å². The Balaban J connectivity index is 1.42. The smallest absolute Gasteiger partial charge is 0.319 e. The van der Waals surface area contributed by atoms with Gasteiger partial charge in [0.05, 0.1) is 0 Å². The lowest BCUT2D eigenvalue weighted by Crippen LogP contribution is -2.34. The molecule has 0 fully saturated rings. The first-order valence-corrected chi connectivity index (χ1v) is 9.70. The minimum Gasteiger partial charge on any atom is -0.336 e. The fourth-order valence-electron chi connectivity index (χ4n) is 3.56. The highest BCUT2D eigenvalue weighted by molar-refractivity contribution is 6.05. The molecule has 3 aromatic rings. The highest BCUT2D eigenvalue weighted by atomic mass is 16.2. The van der Waals surface area contributed by atoms with Gasteiger partial charge >= 0.3 is 6.03 Å². The van der Waals surface area contributed by atoms with Gasteiger partial charge in [-0.1, -0.05) is 30.3 Å². The van der Waals surface area contributed by atoms with Crippen LogP contribution in [-0.2, 0) is 6.42 Å². The molecule has 3 N–H and O–H groups in total. The molecule has 4 rings (SSSR count). The molecule has 3 aromatic carbocycles. The van der Waals surface area contributed by atoms with Crippen LogP contribution in [0.3, 0.4) is 0 Å². The zero-order valence-electron chi connectivity index (χ0n) is 16.5. The van der Waals surface area contributed by atoms with Crippen molar-refractivity contribution < 1.29 is 9.59 Å². The number of amides is 3. The minimum absolute atomic E-state index is 0.0557. The lowest BCUT2D eigenvalue weighted by atomic mass is 10.1. The molecule has 146 valence electrons. The molecule has 0 radical (unpaired) electrons. The van der Waals surface area contributed by atoms with E-state index in [9.17, 15) is 9.59 Å². The highest BCUT2D eigenvalue weighted by Crippen LogP contribution is 2.37. The molecule has 0 saturated heterocycles. The van der Waals surface area contributed by atoms with Gasteiger partial charge in [0.2, 0.25) is 0 Å². The summed E-state index contributed by atoms with van der Waals surface area (Å²) in [4.78, 5) is 24.4. The summed E-state index contributed by atoms with van der Waals surface area (Å²) in [6.07, 6.45) is 0.883. The molecular formula is C24H23N3O2. The number of urea groups is 1. The van der Waals surface area contributed by atoms with Crippen LogP contribution >= 0.6 is 0 Å². The number of nitrogens with one attached hydrogen (secondary N) is 3. The molecular weight excluding hydrogens is 362 g/mol. The van der Waals surface area contributed by atoms with Crippen molar-refractivity contribution in [1.29, 1.82) is 0 Å². The van der Waals surface area contributed by atoms with E-state index in [1.165, 1.54) is 22.3 Å². The Morgan fingerprint density at radius 1 is 0.793 bits per heavy atom. The summed E-state index contributed by atoms with van der Waals surface area (Å²) in [5.41, 5.74) is 6.98. The number of rotatable bonds is 4. The van der Waals surface area contributed by atoms with E-state index in [1.54, 1.807) is 24.3 Å². The summed E-state index contributed by atoms with van der Waals surface area (Å²) in [6.45, 7) is 3.79. The van der Waals surface area contributed by atoms with Crippen LogP contribution in [0.1, 0.15) is 35.3 Å². The normalized spacial score (nSPS) is 11.6. The topological polar surface area (TPSA) is 70.2 Å². The van der Waals surface area contributed by atoms with E-state index in [2.05, 4.69) is 46.3 Å². The highest BCUT2D eigenvalue weighted by Gasteiger charge is 2.18. The van der Waals surface area contributed by atoms with Crippen molar-refractivity contribution >= 4 is 23.3 Å². The average Bonchev–Trinajstić information content (AvgIpc) is 3.05. The predicted molar refractivity (Wildman–Crippen MR) is 116 cm³/mol. The molecule has 0 bridgehead atoms. The number of fused-ring (bicyclic) bond motifs is 3. The fourth-order valence-corrected chi connectivity index (χ4v) is 3.56. The minimum atomic E-state index is -0.267. The molecule has 1 aliphatic rings. The number of anilines is 2. The molecule has 0 aromatic heterocycles. The van der Waals surface area contributed by atoms with Crippen molar-refractivity contribution in [2.45, 2.75) is 26.3 Å². The lowest BCUT2D eigenvalue weighted by Gasteiger charge is -2.11. The van der Waals surface area contributed by atoms with Crippen molar-refractivity contribution in [1.82, 2.24) is 5.32 Å². The first-order valence-electron chi connectivity index (χ1n) is 9.70. The van der Waals surface area contributed by atoms with Gasteiger partial charge in [0.25, 0.3) is 5.91 Å². The van der Waals surface area contributed by atoms with Crippen molar-refractivity contribution in [3.63, 3.8) is 0 Å². The Labute approximate surface area is 170 Å². The molecule has 5 heteroatoms. The quantitative estimate of drug-likeness (QED) is 0.461. The van der Waals surface area contributed by atoms with Gasteiger partial charge in [-0.05, 0) is 78.9 Å². The van der Waals surface area contributed by atoms with Gasteiger partial charge in [-0.3, -0.25) is 4.79 Å². The maximum atomic E-state index is 12.6. The second-order valence-electron chi connectivity index (χ2n) is 7.49. The third kappa shape index (κ3) is 4.14. The maximum absolute atomic E-state index is 12.6. The number of benzene rings is 3. The number of hydrogen-bond acceptors (Lipinski definition) is 2. The zero-order chi connectivity index (χ0) is 20.4. The van der Waals surface area contributed by atoms with Gasteiger partial charge in [0.1, 0.15) is 0 Å². The summed E-state index contributed by atoms with van der Waals surface area (Å²) < 4.78 is 0. The van der Waals surface area contributed by atoms with E-state index in [0.29, 0.717) is 11.3 Å². The molecule has 1 aliphatic carbocycles. The SMILES string of the molecule is CC(C)NC(=O)Nc1ccc(C(=O)Nc2ccc3c(c2)Cc2ccccc2-3)cc1. The van der Waals surface area contributed by atoms with E-state index in [-0.39, 0.29) is 18.0 Å². The summed E-state index contributed by atoms with van der Waals surface area (Å²) in [5, 5.41) is 8.47. The van der Waals surface area contributed by atoms with Crippen LogP contribution in [-0.4, -0.2) is 18.0 Å². The lowest BCUT2D eigenvalue weighted by molar-refractivity contribution is 0.102. The van der Waals surface area contributed by atoms with Crippen LogP contribution in [0.15, 0.2) is 66.7 Å². The van der Waals surface area contributed by atoms with Crippen LogP contribution in [0.5, 0.6) is 0 Å². The third-order valence-electron chi connectivity index (χ3n) is 4.88. The van der Waals surface area contributed by atoms with Crippen LogP contribution in [0, 0.1) is 0 Å². The summed E-state index contributed by atoms with van der Waals surface area (Å²) in [6, 6.07) is 21.0. The van der Waals surface area contributed by atoms with E-state index in [1.807, 2.05) is 26.0 Å². The molecule has 3 amide bonds. The van der Waals surface area contributed by atoms with Gasteiger partial charge in [0, 0.05) is 23.0 Å². The Bertz CT molecular complexity index is 1070. The van der Waals surface area contributed by atoms with Crippen molar-refractivity contribution in [2.75, 3.05) is 10.6 Å². The van der Waals surface area contributed by atoms with Crippen molar-refractivity contribution in [3.05, 3.63) is 83.4 Å². The summed E-state index contributed by atoms with van der Waals surface area (Å²) in [5.74, 6) is -0.182. The molecule has 0 heterocycles. The Kier molecular flexibility index (Phi) is 5.04. The molecule has 29 heavy (non-hydrogen) atoms. The third-order valence-corrected chi connectivity index (χ3v) is 4.88. The second kappa shape index (κ2) is 7.80. The van der Waals surface area contributed by atoms with Gasteiger partial charge < -0.3 is 16.0 Å². The van der Waals surface area contributed by atoms with E-state index < -0.39 is 0 Å². The van der Waals surface area contributed by atoms with Crippen LogP contribution < -0.4 is 16.0 Å². The Morgan fingerprint density at radius 2 is 1.48 bits per heavy atom. The molecule has 0 spiro atoms. The monoisotopic (exact) mass is 385 g/mol. The molecule has 0 unspecified atom stereocenters. The van der Waals surface area contributed by atoms with E-state index in [4.69, 9.17) is 0 Å². The first-order chi connectivity index (χ1) is 14.0. The predicted octanol–water partition coefficient (Wildman–Crippen LogP) is 5.04. The molecule has 5 nitrogen and oxygen atoms in total. The summed E-state index contributed by atoms with van der Waals surface area (Å²) in [7, 11) is 0. The van der Waals surface area contributed by atoms with Crippen LogP contribution in [0.25, 0.3) is 11.1 Å². The Hall–Kier alpha value is -3.60. The number of hydrogen-bond donors (Lipinski definition) is 3. The fraction of sp³-hybridized carbons (Fsp3) is 0.167. The van der Waals surface area contributed by atoms with E-state index >= 15 is 0 Å². The molecule has 0 atom stereocenters. The van der Waals surface area contributed by atoms with E-state index in [0.717, 1.165) is 12.1 Å². The van der Waals surface area contributed by atoms with Gasteiger partial charge in [-0.25, -0.2) is 4.79 Å². The zero-order valence-corrected chi connectivity index (χ0v) is 16.5. The van der Waals surface area contributed by atoms with Gasteiger partial charge in [-0.15, -0.1) is 0 Å². The first kappa shape index (κ1) is 18.7. The molecule has 0 saturated carbocycles. The standard InChI is InChI=1S/C24H23N3O2/c1-15(2)25-24(29)27-19-9-7-16(8-10-19)23(28)26-20-11-12-22-18(14-20)13-17-5-3-4-6-21(17)22/h3-12,14-15H,13H2,1-2H3,(H,26,28)(H2,25,27,29). The summed E-state index contributed by atoms with van der Waals surface area (Å²) >= 11 is 0. The largest absolute Gasteiger partial charge is 0.336 e.